The second kappa shape index (κ2) is 5.55. The first-order valence-corrected chi connectivity index (χ1v) is 7.52. The molecule has 2 atom stereocenters. The molecule has 100 valence electrons. The van der Waals surface area contributed by atoms with E-state index in [-0.39, 0.29) is 5.92 Å². The van der Waals surface area contributed by atoms with Gasteiger partial charge in [0.25, 0.3) is 0 Å². The molecule has 1 aliphatic carbocycles. The molecule has 18 heavy (non-hydrogen) atoms. The zero-order chi connectivity index (χ0) is 13.3. The molecule has 1 aromatic heterocycles. The summed E-state index contributed by atoms with van der Waals surface area (Å²) in [6.07, 6.45) is 4.91. The van der Waals surface area contributed by atoms with E-state index in [0.717, 1.165) is 47.5 Å². The number of aromatic nitrogens is 2. The van der Waals surface area contributed by atoms with E-state index in [1.54, 1.807) is 0 Å². The first kappa shape index (κ1) is 13.8. The van der Waals surface area contributed by atoms with Gasteiger partial charge in [-0.25, -0.2) is 0 Å². The van der Waals surface area contributed by atoms with E-state index in [4.69, 9.17) is 0 Å². The molecule has 2 unspecified atom stereocenters. The van der Waals surface area contributed by atoms with Crippen LogP contribution in [0.1, 0.15) is 44.0 Å². The van der Waals surface area contributed by atoms with Crippen LogP contribution in [0.25, 0.3) is 0 Å². The standard InChI is InChI=1S/C14H21BrN2O/c1-4-10-5-6-13(18)11(7-10)8-12-14(15)9(2)16-17(12)3/h10-11H,4-8H2,1-3H3. The van der Waals surface area contributed by atoms with E-state index < -0.39 is 0 Å². The molecule has 4 heteroatoms. The highest BCUT2D eigenvalue weighted by molar-refractivity contribution is 9.10. The third-order valence-electron chi connectivity index (χ3n) is 4.15. The van der Waals surface area contributed by atoms with E-state index in [1.807, 2.05) is 18.7 Å². The fourth-order valence-corrected chi connectivity index (χ4v) is 3.40. The summed E-state index contributed by atoms with van der Waals surface area (Å²) in [7, 11) is 1.96. The van der Waals surface area contributed by atoms with Gasteiger partial charge in [0.2, 0.25) is 0 Å². The van der Waals surface area contributed by atoms with Crippen molar-refractivity contribution in [1.29, 1.82) is 0 Å². The van der Waals surface area contributed by atoms with Crippen molar-refractivity contribution in [3.63, 3.8) is 0 Å². The Bertz CT molecular complexity index is 453. The number of nitrogens with zero attached hydrogens (tertiary/aromatic N) is 2. The Balaban J connectivity index is 2.14. The predicted octanol–water partition coefficient (Wildman–Crippen LogP) is 3.43. The van der Waals surface area contributed by atoms with Gasteiger partial charge < -0.3 is 0 Å². The van der Waals surface area contributed by atoms with Gasteiger partial charge in [0.05, 0.1) is 15.9 Å². The summed E-state index contributed by atoms with van der Waals surface area (Å²) in [6, 6.07) is 0. The summed E-state index contributed by atoms with van der Waals surface area (Å²) in [6.45, 7) is 4.22. The molecule has 0 radical (unpaired) electrons. The van der Waals surface area contributed by atoms with Crippen molar-refractivity contribution < 1.29 is 4.79 Å². The van der Waals surface area contributed by atoms with E-state index in [1.165, 1.54) is 6.42 Å². The average Bonchev–Trinajstić information content (AvgIpc) is 2.58. The second-order valence-electron chi connectivity index (χ2n) is 5.39. The smallest absolute Gasteiger partial charge is 0.136 e. The minimum atomic E-state index is 0.190. The molecule has 0 bridgehead atoms. The maximum atomic E-state index is 12.0. The molecule has 0 aromatic carbocycles. The maximum Gasteiger partial charge on any atom is 0.136 e. The molecule has 0 N–H and O–H groups in total. The zero-order valence-electron chi connectivity index (χ0n) is 11.4. The number of hydrogen-bond acceptors (Lipinski definition) is 2. The largest absolute Gasteiger partial charge is 0.299 e. The number of carbonyl (C=O) groups is 1. The van der Waals surface area contributed by atoms with E-state index in [9.17, 15) is 4.79 Å². The Kier molecular flexibility index (Phi) is 4.25. The number of Topliss-reactive ketones (excluding diaryl/α,β-unsaturated/α-hetero) is 1. The molecule has 0 aliphatic heterocycles. The van der Waals surface area contributed by atoms with Crippen molar-refractivity contribution >= 4 is 21.7 Å². The number of rotatable bonds is 3. The molecule has 0 saturated heterocycles. The molecule has 1 fully saturated rings. The van der Waals surface area contributed by atoms with Crippen LogP contribution in [0.3, 0.4) is 0 Å². The molecule has 1 heterocycles. The average molecular weight is 313 g/mol. The van der Waals surface area contributed by atoms with Crippen LogP contribution in [0.4, 0.5) is 0 Å². The van der Waals surface area contributed by atoms with Crippen LogP contribution in [-0.2, 0) is 18.3 Å². The van der Waals surface area contributed by atoms with Gasteiger partial charge in [-0.3, -0.25) is 9.48 Å². The second-order valence-corrected chi connectivity index (χ2v) is 6.18. The molecule has 0 amide bonds. The van der Waals surface area contributed by atoms with Gasteiger partial charge in [0.1, 0.15) is 5.78 Å². The number of ketones is 1. The summed E-state index contributed by atoms with van der Waals surface area (Å²) in [4.78, 5) is 12.0. The molecule has 1 aliphatic rings. The number of carbonyl (C=O) groups excluding carboxylic acids is 1. The Hall–Kier alpha value is -0.640. The lowest BCUT2D eigenvalue weighted by Crippen LogP contribution is -2.27. The fraction of sp³-hybridized carbons (Fsp3) is 0.714. The molecular weight excluding hydrogens is 292 g/mol. The lowest BCUT2D eigenvalue weighted by Gasteiger charge is -2.27. The molecule has 1 saturated carbocycles. The Morgan fingerprint density at radius 2 is 2.22 bits per heavy atom. The topological polar surface area (TPSA) is 34.9 Å². The van der Waals surface area contributed by atoms with E-state index in [0.29, 0.717) is 5.78 Å². The first-order chi connectivity index (χ1) is 8.52. The zero-order valence-corrected chi connectivity index (χ0v) is 13.0. The van der Waals surface area contributed by atoms with Crippen molar-refractivity contribution in [3.8, 4) is 0 Å². The van der Waals surface area contributed by atoms with Crippen molar-refractivity contribution in [3.05, 3.63) is 15.9 Å². The highest BCUT2D eigenvalue weighted by Gasteiger charge is 2.29. The maximum absolute atomic E-state index is 12.0. The molecular formula is C14H21BrN2O. The monoisotopic (exact) mass is 312 g/mol. The van der Waals surface area contributed by atoms with Crippen LogP contribution in [0.2, 0.25) is 0 Å². The van der Waals surface area contributed by atoms with Gasteiger partial charge in [-0.15, -0.1) is 0 Å². The Labute approximate surface area is 117 Å². The summed E-state index contributed by atoms with van der Waals surface area (Å²) >= 11 is 3.59. The lowest BCUT2D eigenvalue weighted by molar-refractivity contribution is -0.125. The molecule has 3 nitrogen and oxygen atoms in total. The van der Waals surface area contributed by atoms with Crippen molar-refractivity contribution in [2.45, 2.75) is 46.0 Å². The van der Waals surface area contributed by atoms with Gasteiger partial charge in [0.15, 0.2) is 0 Å². The summed E-state index contributed by atoms with van der Waals surface area (Å²) < 4.78 is 2.97. The lowest BCUT2D eigenvalue weighted by atomic mass is 9.77. The number of aryl methyl sites for hydroxylation is 2. The Morgan fingerprint density at radius 3 is 2.78 bits per heavy atom. The van der Waals surface area contributed by atoms with Gasteiger partial charge in [0, 0.05) is 25.8 Å². The van der Waals surface area contributed by atoms with Crippen molar-refractivity contribution in [2.75, 3.05) is 0 Å². The SMILES string of the molecule is CCC1CCC(=O)C(Cc2c(Br)c(C)nn2C)C1. The van der Waals surface area contributed by atoms with Gasteiger partial charge >= 0.3 is 0 Å². The molecule has 0 spiro atoms. The highest BCUT2D eigenvalue weighted by atomic mass is 79.9. The van der Waals surface area contributed by atoms with Gasteiger partial charge in [-0.2, -0.15) is 5.10 Å². The quantitative estimate of drug-likeness (QED) is 0.857. The predicted molar refractivity (Wildman–Crippen MR) is 75.5 cm³/mol. The molecule has 2 rings (SSSR count). The number of hydrogen-bond donors (Lipinski definition) is 0. The van der Waals surface area contributed by atoms with Crippen molar-refractivity contribution in [1.82, 2.24) is 9.78 Å². The normalized spacial score (nSPS) is 24.6. The van der Waals surface area contributed by atoms with Gasteiger partial charge in [-0.05, 0) is 41.6 Å². The van der Waals surface area contributed by atoms with Crippen LogP contribution in [-0.4, -0.2) is 15.6 Å². The van der Waals surface area contributed by atoms with E-state index in [2.05, 4.69) is 28.0 Å². The molecule has 1 aromatic rings. The highest BCUT2D eigenvalue weighted by Crippen LogP contribution is 2.32. The van der Waals surface area contributed by atoms with Crippen molar-refractivity contribution in [2.24, 2.45) is 18.9 Å². The van der Waals surface area contributed by atoms with Gasteiger partial charge in [-0.1, -0.05) is 13.3 Å². The van der Waals surface area contributed by atoms with E-state index >= 15 is 0 Å². The van der Waals surface area contributed by atoms with Crippen LogP contribution < -0.4 is 0 Å². The van der Waals surface area contributed by atoms with Crippen LogP contribution in [0, 0.1) is 18.8 Å². The third kappa shape index (κ3) is 2.68. The van der Waals surface area contributed by atoms with Crippen LogP contribution >= 0.6 is 15.9 Å². The fourth-order valence-electron chi connectivity index (χ4n) is 2.91. The first-order valence-electron chi connectivity index (χ1n) is 6.73. The van der Waals surface area contributed by atoms with Crippen LogP contribution in [0.5, 0.6) is 0 Å². The number of halogens is 1. The Morgan fingerprint density at radius 1 is 1.50 bits per heavy atom. The summed E-state index contributed by atoms with van der Waals surface area (Å²) in [5, 5.41) is 4.40. The summed E-state index contributed by atoms with van der Waals surface area (Å²) in [5.41, 5.74) is 2.16. The minimum Gasteiger partial charge on any atom is -0.299 e. The van der Waals surface area contributed by atoms with Crippen LogP contribution in [0.15, 0.2) is 4.47 Å². The minimum absolute atomic E-state index is 0.190. The third-order valence-corrected chi connectivity index (χ3v) is 5.18. The summed E-state index contributed by atoms with van der Waals surface area (Å²) in [5.74, 6) is 1.35.